The van der Waals surface area contributed by atoms with E-state index in [-0.39, 0.29) is 12.2 Å². The van der Waals surface area contributed by atoms with Gasteiger partial charge in [-0.2, -0.15) is 0 Å². The first kappa shape index (κ1) is 17.5. The zero-order valence-corrected chi connectivity index (χ0v) is 14.9. The second kappa shape index (κ2) is 7.78. The van der Waals surface area contributed by atoms with Gasteiger partial charge in [0, 0.05) is 25.2 Å². The van der Waals surface area contributed by atoms with Gasteiger partial charge >= 0.3 is 5.63 Å². The second-order valence-electron chi connectivity index (χ2n) is 7.06. The van der Waals surface area contributed by atoms with Gasteiger partial charge in [-0.05, 0) is 43.4 Å². The number of benzene rings is 1. The Morgan fingerprint density at radius 3 is 2.73 bits per heavy atom. The van der Waals surface area contributed by atoms with Gasteiger partial charge in [0.25, 0.3) is 0 Å². The molecule has 0 amide bonds. The van der Waals surface area contributed by atoms with Crippen LogP contribution >= 0.6 is 0 Å². The van der Waals surface area contributed by atoms with Crippen molar-refractivity contribution in [3.8, 4) is 5.75 Å². The number of rotatable bonds is 5. The smallest absolute Gasteiger partial charge is 0.339 e. The fourth-order valence-electron chi connectivity index (χ4n) is 3.90. The Hall–Kier alpha value is -1.89. The highest BCUT2D eigenvalue weighted by Gasteiger charge is 2.21. The van der Waals surface area contributed by atoms with Crippen molar-refractivity contribution in [3.05, 3.63) is 39.7 Å². The van der Waals surface area contributed by atoms with Crippen LogP contribution in [0.2, 0.25) is 0 Å². The molecule has 0 spiro atoms. The third-order valence-corrected chi connectivity index (χ3v) is 5.21. The third kappa shape index (κ3) is 3.63. The zero-order valence-electron chi connectivity index (χ0n) is 14.9. The van der Waals surface area contributed by atoms with Crippen molar-refractivity contribution in [3.63, 3.8) is 0 Å². The molecule has 2 aliphatic rings. The molecule has 1 saturated heterocycles. The van der Waals surface area contributed by atoms with E-state index < -0.39 is 6.10 Å². The molecule has 1 aromatic carbocycles. The minimum absolute atomic E-state index is 0.213. The molecular weight excluding hydrogens is 334 g/mol. The predicted molar refractivity (Wildman–Crippen MR) is 97.9 cm³/mol. The van der Waals surface area contributed by atoms with Gasteiger partial charge in [0.15, 0.2) is 0 Å². The van der Waals surface area contributed by atoms with Crippen molar-refractivity contribution < 1.29 is 19.0 Å². The molecule has 6 heteroatoms. The summed E-state index contributed by atoms with van der Waals surface area (Å²) in [6.45, 7) is 3.88. The minimum atomic E-state index is -0.574. The van der Waals surface area contributed by atoms with Gasteiger partial charge in [-0.3, -0.25) is 4.90 Å². The minimum Gasteiger partial charge on any atom is -0.490 e. The van der Waals surface area contributed by atoms with Gasteiger partial charge < -0.3 is 19.0 Å². The summed E-state index contributed by atoms with van der Waals surface area (Å²) in [6.07, 6.45) is 3.15. The number of hydrogen-bond acceptors (Lipinski definition) is 6. The lowest BCUT2D eigenvalue weighted by molar-refractivity contribution is 0.00478. The van der Waals surface area contributed by atoms with Crippen molar-refractivity contribution in [1.29, 1.82) is 0 Å². The Bertz CT molecular complexity index is 825. The molecule has 26 heavy (non-hydrogen) atoms. The predicted octanol–water partition coefficient (Wildman–Crippen LogP) is 1.74. The quantitative estimate of drug-likeness (QED) is 0.820. The number of hydrogen-bond donors (Lipinski definition) is 1. The molecule has 4 rings (SSSR count). The second-order valence-corrected chi connectivity index (χ2v) is 7.06. The maximum absolute atomic E-state index is 12.2. The molecule has 0 radical (unpaired) electrons. The van der Waals surface area contributed by atoms with Gasteiger partial charge in [0.1, 0.15) is 24.0 Å². The molecule has 1 aliphatic carbocycles. The van der Waals surface area contributed by atoms with E-state index in [0.29, 0.717) is 31.1 Å². The Morgan fingerprint density at radius 1 is 1.15 bits per heavy atom. The zero-order chi connectivity index (χ0) is 17.9. The number of ether oxygens (including phenoxy) is 2. The van der Waals surface area contributed by atoms with Gasteiger partial charge in [-0.1, -0.05) is 6.07 Å². The topological polar surface area (TPSA) is 72.1 Å². The Kier molecular flexibility index (Phi) is 5.24. The molecule has 140 valence electrons. The van der Waals surface area contributed by atoms with Gasteiger partial charge in [0.05, 0.1) is 18.6 Å². The first-order valence-electron chi connectivity index (χ1n) is 9.41. The summed E-state index contributed by atoms with van der Waals surface area (Å²) < 4.78 is 16.8. The van der Waals surface area contributed by atoms with E-state index in [1.165, 1.54) is 0 Å². The maximum Gasteiger partial charge on any atom is 0.339 e. The summed E-state index contributed by atoms with van der Waals surface area (Å²) in [6, 6.07) is 5.52. The van der Waals surface area contributed by atoms with Crippen LogP contribution in [0.1, 0.15) is 24.0 Å². The summed E-state index contributed by atoms with van der Waals surface area (Å²) in [4.78, 5) is 14.4. The largest absolute Gasteiger partial charge is 0.490 e. The van der Waals surface area contributed by atoms with Crippen molar-refractivity contribution in [1.82, 2.24) is 4.90 Å². The lowest BCUT2D eigenvalue weighted by atomic mass is 9.90. The fraction of sp³-hybridized carbons (Fsp3) is 0.550. The molecule has 1 N–H and O–H groups in total. The maximum atomic E-state index is 12.2. The summed E-state index contributed by atoms with van der Waals surface area (Å²) >= 11 is 0. The van der Waals surface area contributed by atoms with Crippen molar-refractivity contribution in [2.45, 2.75) is 31.8 Å². The highest BCUT2D eigenvalue weighted by molar-refractivity contribution is 5.87. The monoisotopic (exact) mass is 359 g/mol. The van der Waals surface area contributed by atoms with E-state index in [1.807, 2.05) is 18.2 Å². The summed E-state index contributed by atoms with van der Waals surface area (Å²) in [5.41, 5.74) is 2.18. The van der Waals surface area contributed by atoms with Crippen molar-refractivity contribution >= 4 is 11.0 Å². The van der Waals surface area contributed by atoms with Crippen LogP contribution in [-0.4, -0.2) is 55.6 Å². The molecule has 2 heterocycles. The van der Waals surface area contributed by atoms with E-state index in [4.69, 9.17) is 13.9 Å². The first-order valence-corrected chi connectivity index (χ1v) is 9.41. The Labute approximate surface area is 152 Å². The van der Waals surface area contributed by atoms with Gasteiger partial charge in [-0.15, -0.1) is 0 Å². The summed E-state index contributed by atoms with van der Waals surface area (Å²) in [5.74, 6) is 0.686. The third-order valence-electron chi connectivity index (χ3n) is 5.21. The SMILES string of the molecule is O=c1oc2cccc(OCC(O)CN3CCOCC3)c2c2c1CCCC2. The molecule has 1 aliphatic heterocycles. The normalized spacial score (nSPS) is 19.3. The average molecular weight is 359 g/mol. The van der Waals surface area contributed by atoms with Crippen LogP contribution in [0.15, 0.2) is 27.4 Å². The van der Waals surface area contributed by atoms with Crippen LogP contribution < -0.4 is 10.4 Å². The lowest BCUT2D eigenvalue weighted by Gasteiger charge is -2.28. The first-order chi connectivity index (χ1) is 12.7. The van der Waals surface area contributed by atoms with Crippen LogP contribution in [0.5, 0.6) is 5.75 Å². The van der Waals surface area contributed by atoms with Crippen LogP contribution in [0, 0.1) is 0 Å². The number of aryl methyl sites for hydroxylation is 1. The highest BCUT2D eigenvalue weighted by Crippen LogP contribution is 2.33. The Balaban J connectivity index is 1.53. The lowest BCUT2D eigenvalue weighted by Crippen LogP contribution is -2.42. The molecule has 1 atom stereocenters. The standard InChI is InChI=1S/C20H25NO5/c22-14(12-21-8-10-24-11-9-21)13-25-17-6-3-7-18-19(17)15-4-1-2-5-16(15)20(23)26-18/h3,6-7,14,22H,1-2,4-5,8-13H2. The molecule has 6 nitrogen and oxygen atoms in total. The fourth-order valence-corrected chi connectivity index (χ4v) is 3.90. The number of fused-ring (bicyclic) bond motifs is 3. The van der Waals surface area contributed by atoms with Crippen LogP contribution in [0.3, 0.4) is 0 Å². The van der Waals surface area contributed by atoms with Crippen LogP contribution in [-0.2, 0) is 17.6 Å². The molecule has 2 aromatic rings. The van der Waals surface area contributed by atoms with E-state index in [2.05, 4.69) is 4.90 Å². The van der Waals surface area contributed by atoms with Gasteiger partial charge in [-0.25, -0.2) is 4.79 Å². The number of aliphatic hydroxyl groups is 1. The summed E-state index contributed by atoms with van der Waals surface area (Å²) in [5, 5.41) is 11.2. The van der Waals surface area contributed by atoms with Crippen LogP contribution in [0.25, 0.3) is 11.0 Å². The van der Waals surface area contributed by atoms with E-state index >= 15 is 0 Å². The highest BCUT2D eigenvalue weighted by atomic mass is 16.5. The number of morpholine rings is 1. The average Bonchev–Trinajstić information content (AvgIpc) is 2.67. The van der Waals surface area contributed by atoms with Gasteiger partial charge in [0.2, 0.25) is 0 Å². The van der Waals surface area contributed by atoms with E-state index in [9.17, 15) is 9.90 Å². The number of nitrogens with zero attached hydrogens (tertiary/aromatic N) is 1. The van der Waals surface area contributed by atoms with Crippen molar-refractivity contribution in [2.24, 2.45) is 0 Å². The molecule has 0 bridgehead atoms. The summed E-state index contributed by atoms with van der Waals surface area (Å²) in [7, 11) is 0. The molecule has 1 fully saturated rings. The molecular formula is C20H25NO5. The van der Waals surface area contributed by atoms with Crippen LogP contribution in [0.4, 0.5) is 0 Å². The number of aliphatic hydroxyl groups excluding tert-OH is 1. The molecule has 1 aromatic heterocycles. The molecule has 0 saturated carbocycles. The number of β-amino-alcohol motifs (C(OH)–C–C–N with tert-alkyl or cyclic N) is 1. The molecule has 1 unspecified atom stereocenters. The van der Waals surface area contributed by atoms with Crippen molar-refractivity contribution in [2.75, 3.05) is 39.5 Å². The Morgan fingerprint density at radius 2 is 1.92 bits per heavy atom. The van der Waals surface area contributed by atoms with E-state index in [1.54, 1.807) is 0 Å². The van der Waals surface area contributed by atoms with E-state index in [0.717, 1.165) is 55.3 Å².